The number of rotatable bonds is 4. The lowest BCUT2D eigenvalue weighted by Crippen LogP contribution is -2.60. The van der Waals surface area contributed by atoms with E-state index in [1.807, 2.05) is 0 Å². The molecule has 0 bridgehead atoms. The smallest absolute Gasteiger partial charge is 0.139 e. The second-order valence-corrected chi connectivity index (χ2v) is 11.8. The van der Waals surface area contributed by atoms with Crippen LogP contribution in [0.5, 0.6) is 0 Å². The molecule has 3 heteroatoms. The fourth-order valence-corrected chi connectivity index (χ4v) is 9.21. The Morgan fingerprint density at radius 2 is 1.72 bits per heavy atom. The van der Waals surface area contributed by atoms with E-state index in [1.165, 1.54) is 12.8 Å². The summed E-state index contributed by atoms with van der Waals surface area (Å²) < 4.78 is 0. The lowest BCUT2D eigenvalue weighted by atomic mass is 9.42. The molecule has 10 atom stereocenters. The van der Waals surface area contributed by atoms with Gasteiger partial charge in [0.1, 0.15) is 11.6 Å². The molecule has 0 aromatic carbocycles. The minimum absolute atomic E-state index is 0.132. The van der Waals surface area contributed by atoms with Gasteiger partial charge >= 0.3 is 0 Å². The topological polar surface area (TPSA) is 54.4 Å². The van der Waals surface area contributed by atoms with E-state index in [4.69, 9.17) is 0 Å². The van der Waals surface area contributed by atoms with Crippen molar-refractivity contribution >= 4 is 11.6 Å². The molecule has 1 N–H and O–H groups in total. The molecule has 0 amide bonds. The van der Waals surface area contributed by atoms with Crippen molar-refractivity contribution in [2.45, 2.75) is 98.5 Å². The van der Waals surface area contributed by atoms with Crippen LogP contribution in [0.25, 0.3) is 0 Å². The molecule has 29 heavy (non-hydrogen) atoms. The largest absolute Gasteiger partial charge is 0.393 e. The third-order valence-corrected chi connectivity index (χ3v) is 10.5. The maximum atomic E-state index is 13.9. The van der Waals surface area contributed by atoms with Gasteiger partial charge in [0, 0.05) is 18.3 Å². The summed E-state index contributed by atoms with van der Waals surface area (Å²) in [5.41, 5.74) is 0.421. The zero-order chi connectivity index (χ0) is 21.1. The number of carbonyl (C=O) groups excluding carboxylic acids is 2. The first-order valence-corrected chi connectivity index (χ1v) is 12.3. The Labute approximate surface area is 177 Å². The normalized spacial score (nSPS) is 50.4. The molecule has 164 valence electrons. The predicted molar refractivity (Wildman–Crippen MR) is 115 cm³/mol. The number of aliphatic hydroxyl groups is 1. The zero-order valence-corrected chi connectivity index (χ0v) is 19.2. The lowest BCUT2D eigenvalue weighted by molar-refractivity contribution is -0.173. The average molecular weight is 403 g/mol. The molecule has 4 saturated carbocycles. The molecular weight excluding hydrogens is 360 g/mol. The summed E-state index contributed by atoms with van der Waals surface area (Å²) in [6.07, 6.45) is 8.91. The van der Waals surface area contributed by atoms with Gasteiger partial charge in [0.25, 0.3) is 0 Å². The standard InChI is InChI=1S/C26H42O3/c1-6-18-22-14-17(28)9-11-26(22,5)21-10-12-25(4)19(15(2)13-16(3)27)7-8-20(25)23(21)24(18)29/h15,17-23,28H,6-14H2,1-5H3/t15-,17-,18-,19-,20+,21+,22+,23+,25-,26-/m1/s1. The van der Waals surface area contributed by atoms with Gasteiger partial charge < -0.3 is 9.90 Å². The van der Waals surface area contributed by atoms with Crippen molar-refractivity contribution in [2.24, 2.45) is 52.3 Å². The van der Waals surface area contributed by atoms with Crippen LogP contribution in [0.2, 0.25) is 0 Å². The molecule has 4 aliphatic rings. The van der Waals surface area contributed by atoms with Crippen LogP contribution in [0.15, 0.2) is 0 Å². The molecule has 4 aliphatic carbocycles. The van der Waals surface area contributed by atoms with Crippen LogP contribution in [-0.2, 0) is 9.59 Å². The van der Waals surface area contributed by atoms with Crippen molar-refractivity contribution in [3.8, 4) is 0 Å². The van der Waals surface area contributed by atoms with Gasteiger partial charge in [0.05, 0.1) is 6.10 Å². The summed E-state index contributed by atoms with van der Waals surface area (Å²) in [4.78, 5) is 25.7. The van der Waals surface area contributed by atoms with Crippen LogP contribution in [0.3, 0.4) is 0 Å². The van der Waals surface area contributed by atoms with Crippen molar-refractivity contribution in [1.29, 1.82) is 0 Å². The quantitative estimate of drug-likeness (QED) is 0.681. The fourth-order valence-electron chi connectivity index (χ4n) is 9.21. The van der Waals surface area contributed by atoms with E-state index in [-0.39, 0.29) is 28.8 Å². The first-order valence-electron chi connectivity index (χ1n) is 12.3. The summed E-state index contributed by atoms with van der Waals surface area (Å²) in [5, 5.41) is 10.4. The SMILES string of the molecule is CC[C@H]1C(=O)[C@@H]2[C@H](CC[C@]3(C)[C@@H]([C@H](C)CC(C)=O)CC[C@@H]23)[C@@]2(C)CC[C@@H](O)C[C@@H]12. The van der Waals surface area contributed by atoms with Gasteiger partial charge in [-0.25, -0.2) is 0 Å². The first kappa shape index (κ1) is 21.5. The Balaban J connectivity index is 1.67. The summed E-state index contributed by atoms with van der Waals surface area (Å²) in [5.74, 6) is 3.53. The van der Waals surface area contributed by atoms with Crippen LogP contribution < -0.4 is 0 Å². The fraction of sp³-hybridized carbons (Fsp3) is 0.923. The highest BCUT2D eigenvalue weighted by atomic mass is 16.3. The van der Waals surface area contributed by atoms with Crippen LogP contribution in [0, 0.1) is 52.3 Å². The van der Waals surface area contributed by atoms with Crippen molar-refractivity contribution in [2.75, 3.05) is 0 Å². The van der Waals surface area contributed by atoms with Gasteiger partial charge in [0.2, 0.25) is 0 Å². The van der Waals surface area contributed by atoms with Crippen LogP contribution in [0.4, 0.5) is 0 Å². The van der Waals surface area contributed by atoms with Crippen molar-refractivity contribution < 1.29 is 14.7 Å². The van der Waals surface area contributed by atoms with Crippen molar-refractivity contribution in [3.63, 3.8) is 0 Å². The second-order valence-electron chi connectivity index (χ2n) is 11.8. The highest BCUT2D eigenvalue weighted by Gasteiger charge is 2.65. The molecular formula is C26H42O3. The maximum Gasteiger partial charge on any atom is 0.139 e. The first-order chi connectivity index (χ1) is 13.6. The molecule has 4 rings (SSSR count). The van der Waals surface area contributed by atoms with Gasteiger partial charge in [-0.15, -0.1) is 0 Å². The Kier molecular flexibility index (Phi) is 5.54. The average Bonchev–Trinajstić information content (AvgIpc) is 3.00. The molecule has 0 aliphatic heterocycles. The maximum absolute atomic E-state index is 13.9. The van der Waals surface area contributed by atoms with E-state index in [0.29, 0.717) is 47.6 Å². The third kappa shape index (κ3) is 3.17. The lowest BCUT2D eigenvalue weighted by Gasteiger charge is -2.62. The molecule has 3 nitrogen and oxygen atoms in total. The van der Waals surface area contributed by atoms with Crippen LogP contribution in [-0.4, -0.2) is 22.8 Å². The molecule has 0 aromatic rings. The number of hydrogen-bond donors (Lipinski definition) is 1. The van der Waals surface area contributed by atoms with Crippen molar-refractivity contribution in [1.82, 2.24) is 0 Å². The number of Topliss-reactive ketones (excluding diaryl/α,β-unsaturated/α-hetero) is 2. The van der Waals surface area contributed by atoms with Gasteiger partial charge in [-0.1, -0.05) is 27.7 Å². The van der Waals surface area contributed by atoms with Crippen molar-refractivity contribution in [3.05, 3.63) is 0 Å². The number of ketones is 2. The van der Waals surface area contributed by atoms with Gasteiger partial charge in [-0.05, 0) is 98.7 Å². The van der Waals surface area contributed by atoms with Gasteiger partial charge in [-0.3, -0.25) is 4.79 Å². The van der Waals surface area contributed by atoms with E-state index < -0.39 is 0 Å². The van der Waals surface area contributed by atoms with E-state index >= 15 is 0 Å². The van der Waals surface area contributed by atoms with E-state index in [1.54, 1.807) is 6.92 Å². The second kappa shape index (κ2) is 7.46. The number of aliphatic hydroxyl groups excluding tert-OH is 1. The van der Waals surface area contributed by atoms with Gasteiger partial charge in [-0.2, -0.15) is 0 Å². The molecule has 4 fully saturated rings. The molecule has 0 saturated heterocycles. The Morgan fingerprint density at radius 1 is 1.07 bits per heavy atom. The zero-order valence-electron chi connectivity index (χ0n) is 19.2. The minimum Gasteiger partial charge on any atom is -0.393 e. The Morgan fingerprint density at radius 3 is 2.38 bits per heavy atom. The molecule has 0 unspecified atom stereocenters. The number of carbonyl (C=O) groups is 2. The summed E-state index contributed by atoms with van der Waals surface area (Å²) >= 11 is 0. The monoisotopic (exact) mass is 402 g/mol. The van der Waals surface area contributed by atoms with E-state index in [0.717, 1.165) is 38.5 Å². The highest BCUT2D eigenvalue weighted by Crippen LogP contribution is 2.68. The third-order valence-electron chi connectivity index (χ3n) is 10.5. The summed E-state index contributed by atoms with van der Waals surface area (Å²) in [6.45, 7) is 11.1. The van der Waals surface area contributed by atoms with E-state index in [2.05, 4.69) is 27.7 Å². The summed E-state index contributed by atoms with van der Waals surface area (Å²) in [7, 11) is 0. The Hall–Kier alpha value is -0.700. The molecule has 0 spiro atoms. The van der Waals surface area contributed by atoms with E-state index in [9.17, 15) is 14.7 Å². The van der Waals surface area contributed by atoms with Crippen LogP contribution >= 0.6 is 0 Å². The highest BCUT2D eigenvalue weighted by molar-refractivity contribution is 5.86. The summed E-state index contributed by atoms with van der Waals surface area (Å²) in [6, 6.07) is 0. The van der Waals surface area contributed by atoms with Crippen LogP contribution in [0.1, 0.15) is 92.4 Å². The Bertz CT molecular complexity index is 671. The number of hydrogen-bond acceptors (Lipinski definition) is 3. The molecule has 0 radical (unpaired) electrons. The molecule has 0 aromatic heterocycles. The predicted octanol–water partition coefficient (Wildman–Crippen LogP) is 5.44. The number of fused-ring (bicyclic) bond motifs is 5. The molecule has 0 heterocycles. The minimum atomic E-state index is -0.219. The van der Waals surface area contributed by atoms with Gasteiger partial charge in [0.15, 0.2) is 0 Å².